The van der Waals surface area contributed by atoms with Crippen LogP contribution in [0.4, 0.5) is 0 Å². The first-order valence-corrected chi connectivity index (χ1v) is 6.86. The Labute approximate surface area is 117 Å². The lowest BCUT2D eigenvalue weighted by Crippen LogP contribution is -1.90. The average molecular weight is 294 g/mol. The second kappa shape index (κ2) is 7.97. The number of hydrogen-bond acceptors (Lipinski definition) is 1. The molecule has 0 spiro atoms. The van der Waals surface area contributed by atoms with E-state index >= 15 is 0 Å². The maximum Gasteiger partial charge on any atom is 0.221 e. The van der Waals surface area contributed by atoms with Gasteiger partial charge >= 0.3 is 0 Å². The molecule has 0 atom stereocenters. The van der Waals surface area contributed by atoms with Crippen LogP contribution in [0.15, 0.2) is 18.2 Å². The maximum atomic E-state index is 10.5. The number of unbranched alkanes of at least 4 members (excludes halogenated alkanes) is 3. The minimum atomic E-state index is -0.251. The number of rotatable bonds is 7. The fraction of sp³-hybridized carbons (Fsp3) is 0.462. The molecule has 17 heavy (non-hydrogen) atoms. The SMILES string of the molecule is O=C(Cl)CCCCCCc1c(Cl)cccc1Cl. The fourth-order valence-corrected chi connectivity index (χ4v) is 2.41. The van der Waals surface area contributed by atoms with Gasteiger partial charge in [0.1, 0.15) is 0 Å². The van der Waals surface area contributed by atoms with Crippen LogP contribution in [0.25, 0.3) is 0 Å². The number of carbonyl (C=O) groups is 1. The molecular formula is C13H15Cl3O. The van der Waals surface area contributed by atoms with Crippen LogP contribution >= 0.6 is 34.8 Å². The van der Waals surface area contributed by atoms with Crippen LogP contribution in [0.3, 0.4) is 0 Å². The summed E-state index contributed by atoms with van der Waals surface area (Å²) < 4.78 is 0. The Bertz CT molecular complexity index is 357. The van der Waals surface area contributed by atoms with E-state index in [0.29, 0.717) is 6.42 Å². The average Bonchev–Trinajstić information content (AvgIpc) is 2.26. The van der Waals surface area contributed by atoms with Gasteiger partial charge in [-0.2, -0.15) is 0 Å². The summed E-state index contributed by atoms with van der Waals surface area (Å²) in [6.45, 7) is 0. The lowest BCUT2D eigenvalue weighted by molar-refractivity contribution is -0.111. The second-order valence-electron chi connectivity index (χ2n) is 3.97. The molecule has 1 aromatic rings. The molecule has 0 heterocycles. The van der Waals surface area contributed by atoms with Gasteiger partial charge in [0.2, 0.25) is 5.24 Å². The molecule has 0 aromatic heterocycles. The van der Waals surface area contributed by atoms with E-state index in [1.54, 1.807) is 0 Å². The Hall–Kier alpha value is -0.240. The highest BCUT2D eigenvalue weighted by Gasteiger charge is 2.04. The topological polar surface area (TPSA) is 17.1 Å². The first-order chi connectivity index (χ1) is 8.11. The first kappa shape index (κ1) is 14.8. The van der Waals surface area contributed by atoms with Gasteiger partial charge in [0.15, 0.2) is 0 Å². The molecule has 4 heteroatoms. The highest BCUT2D eigenvalue weighted by Crippen LogP contribution is 2.26. The Morgan fingerprint density at radius 1 is 1.00 bits per heavy atom. The van der Waals surface area contributed by atoms with E-state index in [1.165, 1.54) is 0 Å². The molecule has 0 aliphatic rings. The zero-order valence-corrected chi connectivity index (χ0v) is 11.8. The third-order valence-electron chi connectivity index (χ3n) is 2.61. The first-order valence-electron chi connectivity index (χ1n) is 5.72. The van der Waals surface area contributed by atoms with E-state index in [0.717, 1.165) is 47.7 Å². The zero-order chi connectivity index (χ0) is 12.7. The fourth-order valence-electron chi connectivity index (χ4n) is 1.69. The highest BCUT2D eigenvalue weighted by atomic mass is 35.5. The van der Waals surface area contributed by atoms with E-state index in [2.05, 4.69) is 0 Å². The van der Waals surface area contributed by atoms with E-state index < -0.39 is 0 Å². The molecule has 0 aliphatic carbocycles. The van der Waals surface area contributed by atoms with Gasteiger partial charge in [-0.25, -0.2) is 0 Å². The molecule has 1 aromatic carbocycles. The van der Waals surface area contributed by atoms with Gasteiger partial charge in [-0.1, -0.05) is 42.1 Å². The molecule has 0 aliphatic heterocycles. The number of hydrogen-bond donors (Lipinski definition) is 0. The molecule has 94 valence electrons. The van der Waals surface area contributed by atoms with E-state index in [4.69, 9.17) is 34.8 Å². The van der Waals surface area contributed by atoms with Gasteiger partial charge < -0.3 is 0 Å². The lowest BCUT2D eigenvalue weighted by atomic mass is 10.1. The predicted molar refractivity (Wildman–Crippen MR) is 74.1 cm³/mol. The van der Waals surface area contributed by atoms with Crippen molar-refractivity contribution in [1.82, 2.24) is 0 Å². The summed E-state index contributed by atoms with van der Waals surface area (Å²) in [6.07, 6.45) is 5.31. The number of benzene rings is 1. The second-order valence-corrected chi connectivity index (χ2v) is 5.21. The van der Waals surface area contributed by atoms with Crippen molar-refractivity contribution in [3.8, 4) is 0 Å². The van der Waals surface area contributed by atoms with Gasteiger partial charge in [0, 0.05) is 16.5 Å². The molecule has 0 radical (unpaired) electrons. The molecule has 0 N–H and O–H groups in total. The molecule has 0 saturated carbocycles. The van der Waals surface area contributed by atoms with Crippen LogP contribution < -0.4 is 0 Å². The maximum absolute atomic E-state index is 10.5. The van der Waals surface area contributed by atoms with Crippen molar-refractivity contribution in [1.29, 1.82) is 0 Å². The van der Waals surface area contributed by atoms with Gasteiger partial charge in [-0.05, 0) is 48.6 Å². The van der Waals surface area contributed by atoms with Gasteiger partial charge in [0.25, 0.3) is 0 Å². The van der Waals surface area contributed by atoms with E-state index in [1.807, 2.05) is 18.2 Å². The molecule has 0 fully saturated rings. The summed E-state index contributed by atoms with van der Waals surface area (Å²) in [7, 11) is 0. The van der Waals surface area contributed by atoms with Crippen LogP contribution in [0.1, 0.15) is 37.7 Å². The predicted octanol–water partition coefficient (Wildman–Crippen LogP) is 5.25. The van der Waals surface area contributed by atoms with Crippen molar-refractivity contribution in [3.05, 3.63) is 33.8 Å². The van der Waals surface area contributed by atoms with Crippen LogP contribution in [-0.4, -0.2) is 5.24 Å². The summed E-state index contributed by atoms with van der Waals surface area (Å²) in [5.74, 6) is 0. The highest BCUT2D eigenvalue weighted by molar-refractivity contribution is 6.63. The molecule has 0 bridgehead atoms. The third kappa shape index (κ3) is 5.76. The van der Waals surface area contributed by atoms with Crippen molar-refractivity contribution in [2.45, 2.75) is 38.5 Å². The Kier molecular flexibility index (Phi) is 6.94. The van der Waals surface area contributed by atoms with Gasteiger partial charge in [0.05, 0.1) is 0 Å². The summed E-state index contributed by atoms with van der Waals surface area (Å²) >= 11 is 17.4. The van der Waals surface area contributed by atoms with Crippen LogP contribution in [0.2, 0.25) is 10.0 Å². The smallest absolute Gasteiger partial charge is 0.221 e. The van der Waals surface area contributed by atoms with Crippen molar-refractivity contribution in [3.63, 3.8) is 0 Å². The monoisotopic (exact) mass is 292 g/mol. The van der Waals surface area contributed by atoms with Gasteiger partial charge in [-0.15, -0.1) is 0 Å². The molecule has 0 amide bonds. The van der Waals surface area contributed by atoms with Crippen LogP contribution in [0.5, 0.6) is 0 Å². The minimum Gasteiger partial charge on any atom is -0.281 e. The molecule has 0 unspecified atom stereocenters. The normalized spacial score (nSPS) is 10.5. The zero-order valence-electron chi connectivity index (χ0n) is 9.52. The summed E-state index contributed by atoms with van der Waals surface area (Å²) in [6, 6.07) is 5.56. The molecule has 0 saturated heterocycles. The molecule has 1 nitrogen and oxygen atoms in total. The third-order valence-corrected chi connectivity index (χ3v) is 3.51. The van der Waals surface area contributed by atoms with Gasteiger partial charge in [-0.3, -0.25) is 4.79 Å². The number of carbonyl (C=O) groups excluding carboxylic acids is 1. The van der Waals surface area contributed by atoms with Crippen molar-refractivity contribution in [2.24, 2.45) is 0 Å². The Balaban J connectivity index is 2.24. The largest absolute Gasteiger partial charge is 0.281 e. The van der Waals surface area contributed by atoms with Crippen molar-refractivity contribution in [2.75, 3.05) is 0 Å². The molecule has 1 rings (SSSR count). The number of halogens is 3. The lowest BCUT2D eigenvalue weighted by Gasteiger charge is -2.06. The van der Waals surface area contributed by atoms with Crippen molar-refractivity contribution >= 4 is 40.0 Å². The Morgan fingerprint density at radius 2 is 1.59 bits per heavy atom. The minimum absolute atomic E-state index is 0.251. The Morgan fingerprint density at radius 3 is 2.18 bits per heavy atom. The summed E-state index contributed by atoms with van der Waals surface area (Å²) in [5.41, 5.74) is 1.02. The summed E-state index contributed by atoms with van der Waals surface area (Å²) in [5, 5.41) is 1.21. The van der Waals surface area contributed by atoms with E-state index in [9.17, 15) is 4.79 Å². The standard InChI is InChI=1S/C13H15Cl3O/c14-11-7-5-8-12(15)10(11)6-3-1-2-4-9-13(16)17/h5,7-8H,1-4,6,9H2. The van der Waals surface area contributed by atoms with Crippen molar-refractivity contribution < 1.29 is 4.79 Å². The van der Waals surface area contributed by atoms with E-state index in [-0.39, 0.29) is 5.24 Å². The molecular weight excluding hydrogens is 279 g/mol. The van der Waals surface area contributed by atoms with Crippen LogP contribution in [0, 0.1) is 0 Å². The quantitative estimate of drug-likeness (QED) is 0.495. The summed E-state index contributed by atoms with van der Waals surface area (Å²) in [4.78, 5) is 10.5. The van der Waals surface area contributed by atoms with Crippen LogP contribution in [-0.2, 0) is 11.2 Å².